The number of hydrazone groups is 1. The van der Waals surface area contributed by atoms with Crippen LogP contribution in [0.25, 0.3) is 4.13 Å². The molecule has 1 aliphatic rings. The van der Waals surface area contributed by atoms with Crippen LogP contribution >= 0.6 is 0 Å². The van der Waals surface area contributed by atoms with Crippen LogP contribution in [-0.4, -0.2) is 56.5 Å². The van der Waals surface area contributed by atoms with E-state index in [4.69, 9.17) is 6.42 Å². The highest BCUT2D eigenvalue weighted by molar-refractivity contribution is 8.13. The van der Waals surface area contributed by atoms with Gasteiger partial charge < -0.3 is 4.13 Å². The van der Waals surface area contributed by atoms with Crippen LogP contribution in [-0.2, 0) is 20.0 Å². The Morgan fingerprint density at radius 2 is 1.52 bits per heavy atom. The summed E-state index contributed by atoms with van der Waals surface area (Å²) in [6.45, 7) is 0. The van der Waals surface area contributed by atoms with Crippen molar-refractivity contribution in [3.8, 4) is 24.3 Å². The van der Waals surface area contributed by atoms with Crippen molar-refractivity contribution in [3.05, 3.63) is 4.13 Å². The lowest BCUT2D eigenvalue weighted by Crippen LogP contribution is -2.30. The van der Waals surface area contributed by atoms with Crippen LogP contribution in [0, 0.1) is 24.3 Å². The standard InChI is InChI=1S/C7H5N3.C2F6NO4S2/c1-3-4-5-10-6-8-9(2)7-10;3-1(4,5)14(10,11)9-15(12,13)2(6,7)8/h1,6H,2H3;/q+2;-1. The van der Waals surface area contributed by atoms with Crippen molar-refractivity contribution in [2.45, 2.75) is 11.0 Å². The summed E-state index contributed by atoms with van der Waals surface area (Å²) < 4.78 is 112. The topological polar surface area (TPSA) is 101 Å². The second kappa shape index (κ2) is 7.66. The van der Waals surface area contributed by atoms with E-state index in [2.05, 4.69) is 29.0 Å². The van der Waals surface area contributed by atoms with Gasteiger partial charge in [-0.25, -0.2) is 16.8 Å². The van der Waals surface area contributed by atoms with E-state index < -0.39 is 31.1 Å². The summed E-state index contributed by atoms with van der Waals surface area (Å²) >= 11 is 0. The molecule has 0 saturated carbocycles. The van der Waals surface area contributed by atoms with Crippen LogP contribution in [0.2, 0.25) is 0 Å². The van der Waals surface area contributed by atoms with Crippen molar-refractivity contribution < 1.29 is 52.4 Å². The summed E-state index contributed by atoms with van der Waals surface area (Å²) in [6.07, 6.45) is 6.44. The molecule has 0 aromatic heterocycles. The molecule has 0 aromatic carbocycles. The van der Waals surface area contributed by atoms with Crippen molar-refractivity contribution in [2.75, 3.05) is 7.05 Å². The average Bonchev–Trinajstić information content (AvgIpc) is 2.79. The fourth-order valence-corrected chi connectivity index (χ4v) is 2.41. The predicted molar refractivity (Wildman–Crippen MR) is 69.9 cm³/mol. The van der Waals surface area contributed by atoms with E-state index in [9.17, 15) is 43.2 Å². The molecule has 0 fully saturated rings. The van der Waals surface area contributed by atoms with Gasteiger partial charge in [-0.3, -0.25) is 0 Å². The molecule has 1 rings (SSSR count). The lowest BCUT2D eigenvalue weighted by Gasteiger charge is -2.22. The van der Waals surface area contributed by atoms with Gasteiger partial charge in [0.15, 0.2) is 33.1 Å². The van der Waals surface area contributed by atoms with E-state index >= 15 is 0 Å². The van der Waals surface area contributed by atoms with E-state index in [0.29, 0.717) is 0 Å². The van der Waals surface area contributed by atoms with Crippen molar-refractivity contribution in [3.63, 3.8) is 0 Å². The number of alkyl halides is 6. The SMILES string of the molecule is C#CC#C[N+]1=C=[N+](C)N=C1.O=S(=O)([N-]S(=O)(=O)C(F)(F)F)C(F)(F)F. The average molecular weight is 411 g/mol. The summed E-state index contributed by atoms with van der Waals surface area (Å²) in [6, 6.07) is 5.37. The maximum absolute atomic E-state index is 11.4. The minimum Gasteiger partial charge on any atom is -0.421 e. The third kappa shape index (κ3) is 6.94. The maximum atomic E-state index is 11.4. The molecule has 25 heavy (non-hydrogen) atoms. The van der Waals surface area contributed by atoms with Crippen molar-refractivity contribution in [2.24, 2.45) is 5.10 Å². The lowest BCUT2D eigenvalue weighted by atomic mass is 10.7. The molecule has 0 unspecified atom stereocenters. The van der Waals surface area contributed by atoms with Gasteiger partial charge in [-0.2, -0.15) is 26.3 Å². The third-order valence-electron chi connectivity index (χ3n) is 1.62. The van der Waals surface area contributed by atoms with Gasteiger partial charge in [0.25, 0.3) is 0 Å². The van der Waals surface area contributed by atoms with E-state index in [0.717, 1.165) is 4.13 Å². The largest absolute Gasteiger partial charge is 0.480 e. The summed E-state index contributed by atoms with van der Waals surface area (Å²) in [5.41, 5.74) is -12.4. The Morgan fingerprint density at radius 3 is 1.80 bits per heavy atom. The first kappa shape index (κ1) is 22.6. The van der Waals surface area contributed by atoms with E-state index in [1.165, 1.54) is 15.6 Å². The first-order chi connectivity index (χ1) is 11.0. The molecule has 0 aliphatic carbocycles. The summed E-state index contributed by atoms with van der Waals surface area (Å²) in [4.78, 5) is 0. The van der Waals surface area contributed by atoms with Gasteiger partial charge in [0, 0.05) is 5.92 Å². The number of hydrogen-bond acceptors (Lipinski definition) is 5. The Morgan fingerprint density at radius 1 is 1.08 bits per heavy atom. The Bertz CT molecular complexity index is 893. The van der Waals surface area contributed by atoms with Crippen LogP contribution in [0.3, 0.4) is 0 Å². The molecule has 0 amide bonds. The van der Waals surface area contributed by atoms with Crippen molar-refractivity contribution >= 4 is 32.4 Å². The molecule has 1 aliphatic heterocycles. The third-order valence-corrected chi connectivity index (χ3v) is 4.36. The molecule has 8 nitrogen and oxygen atoms in total. The minimum atomic E-state index is -6.72. The molecule has 138 valence electrons. The van der Waals surface area contributed by atoms with E-state index in [-0.39, 0.29) is 0 Å². The molecule has 1 heterocycles. The molecule has 0 atom stereocenters. The van der Waals surface area contributed by atoms with Gasteiger partial charge in [-0.05, 0) is 10.5 Å². The molecular formula is C9H5F6N4O4S2+. The smallest absolute Gasteiger partial charge is 0.421 e. The van der Waals surface area contributed by atoms with Crippen LogP contribution in [0.1, 0.15) is 0 Å². The highest BCUT2D eigenvalue weighted by Gasteiger charge is 2.46. The zero-order valence-corrected chi connectivity index (χ0v) is 13.3. The fraction of sp³-hybridized carbons (Fsp3) is 0.333. The van der Waals surface area contributed by atoms with Gasteiger partial charge in [0.2, 0.25) is 5.10 Å². The second-order valence-electron chi connectivity index (χ2n) is 3.52. The van der Waals surface area contributed by atoms with Gasteiger partial charge in [0.1, 0.15) is 0 Å². The minimum absolute atomic E-state index is 0.778. The quantitative estimate of drug-likeness (QED) is 0.374. The molecule has 0 spiro atoms. The lowest BCUT2D eigenvalue weighted by molar-refractivity contribution is -0.498. The van der Waals surface area contributed by atoms with Gasteiger partial charge in [0.05, 0.1) is 4.68 Å². The Hall–Kier alpha value is -2.39. The van der Waals surface area contributed by atoms with E-state index in [1.54, 1.807) is 7.05 Å². The molecule has 16 heteroatoms. The number of halogens is 6. The summed E-state index contributed by atoms with van der Waals surface area (Å²) in [5.74, 6) is 4.62. The van der Waals surface area contributed by atoms with E-state index in [1.807, 2.05) is 0 Å². The first-order valence-electron chi connectivity index (χ1n) is 5.20. The van der Waals surface area contributed by atoms with Crippen molar-refractivity contribution in [1.82, 2.24) is 0 Å². The molecular weight excluding hydrogens is 406 g/mol. The Kier molecular flexibility index (Phi) is 6.93. The number of hydrogen-bond donors (Lipinski definition) is 0. The first-order valence-corrected chi connectivity index (χ1v) is 8.08. The summed E-state index contributed by atoms with van der Waals surface area (Å²) in [5, 5.41) is 3.82. The van der Waals surface area contributed by atoms with Crippen molar-refractivity contribution in [1.29, 1.82) is 0 Å². The zero-order valence-electron chi connectivity index (χ0n) is 11.7. The molecule has 0 bridgehead atoms. The molecule has 0 N–H and O–H groups in total. The van der Waals surface area contributed by atoms with Crippen LogP contribution in [0.4, 0.5) is 26.3 Å². The predicted octanol–water partition coefficient (Wildman–Crippen LogP) is 0.425. The van der Waals surface area contributed by atoms with Gasteiger partial charge in [-0.15, -0.1) is 6.42 Å². The number of sulfonamides is 2. The zero-order chi connectivity index (χ0) is 20.1. The van der Waals surface area contributed by atoms with Gasteiger partial charge in [-0.1, -0.05) is 0 Å². The number of nitrogens with zero attached hydrogens (tertiary/aromatic N) is 4. The number of terminal acetylenes is 1. The Balaban J connectivity index is 0.000000496. The van der Waals surface area contributed by atoms with Crippen LogP contribution < -0.4 is 0 Å². The molecule has 0 saturated heterocycles. The highest BCUT2D eigenvalue weighted by Crippen LogP contribution is 2.36. The second-order valence-corrected chi connectivity index (χ2v) is 6.94. The van der Waals surface area contributed by atoms with Crippen LogP contribution in [0.5, 0.6) is 0 Å². The number of rotatable bonds is 2. The van der Waals surface area contributed by atoms with Gasteiger partial charge >= 0.3 is 23.4 Å². The monoisotopic (exact) mass is 411 g/mol. The maximum Gasteiger partial charge on any atom is 0.480 e. The molecule has 0 aromatic rings. The Labute approximate surface area is 137 Å². The summed E-state index contributed by atoms with van der Waals surface area (Å²) in [7, 11) is -11.7. The highest BCUT2D eigenvalue weighted by atomic mass is 32.3. The van der Waals surface area contributed by atoms with Crippen LogP contribution in [0.15, 0.2) is 5.10 Å². The fourth-order valence-electron chi connectivity index (χ4n) is 0.697. The normalized spacial score (nSPS) is 14.3. The molecule has 0 radical (unpaired) electrons.